The summed E-state index contributed by atoms with van der Waals surface area (Å²) in [6.07, 6.45) is 0. The zero-order chi connectivity index (χ0) is 17.9. The van der Waals surface area contributed by atoms with Crippen molar-refractivity contribution >= 4 is 10.0 Å². The van der Waals surface area contributed by atoms with Crippen LogP contribution in [0.15, 0.2) is 65.6 Å². The van der Waals surface area contributed by atoms with Crippen molar-refractivity contribution in [3.63, 3.8) is 0 Å². The Morgan fingerprint density at radius 1 is 0.920 bits per heavy atom. The van der Waals surface area contributed by atoms with Gasteiger partial charge in [-0.05, 0) is 25.0 Å². The average Bonchev–Trinajstić information content (AvgIpc) is 2.89. The van der Waals surface area contributed by atoms with Gasteiger partial charge in [0.1, 0.15) is 4.90 Å². The number of hydrogen-bond acceptors (Lipinski definition) is 3. The predicted octanol–water partition coefficient (Wildman–Crippen LogP) is 3.03. The molecule has 0 bridgehead atoms. The molecule has 3 rings (SSSR count). The van der Waals surface area contributed by atoms with Crippen molar-refractivity contribution in [3.05, 3.63) is 83.2 Å². The molecule has 1 heterocycles. The molecule has 0 atom stereocenters. The van der Waals surface area contributed by atoms with E-state index < -0.39 is 10.0 Å². The van der Waals surface area contributed by atoms with E-state index in [1.807, 2.05) is 60.7 Å². The minimum Gasteiger partial charge on any atom is -0.264 e. The van der Waals surface area contributed by atoms with Crippen molar-refractivity contribution in [1.82, 2.24) is 14.5 Å². The standard InChI is InChI=1S/C19H21N3O2S/c1-15-19(25(23,24)20-13-17-9-5-3-6-10-17)16(2)22(21-15)14-18-11-7-4-8-12-18/h3-12,20H,13-14H2,1-2H3. The van der Waals surface area contributed by atoms with Gasteiger partial charge in [0.2, 0.25) is 10.0 Å². The Balaban J connectivity index is 1.84. The first-order valence-corrected chi connectivity index (χ1v) is 9.57. The fraction of sp³-hybridized carbons (Fsp3) is 0.211. The molecular formula is C19H21N3O2S. The van der Waals surface area contributed by atoms with E-state index in [0.717, 1.165) is 11.1 Å². The van der Waals surface area contributed by atoms with Crippen LogP contribution < -0.4 is 4.72 Å². The fourth-order valence-electron chi connectivity index (χ4n) is 2.83. The van der Waals surface area contributed by atoms with Crippen molar-refractivity contribution in [1.29, 1.82) is 0 Å². The van der Waals surface area contributed by atoms with E-state index in [1.165, 1.54) is 0 Å². The van der Waals surface area contributed by atoms with Gasteiger partial charge in [0.05, 0.1) is 17.9 Å². The van der Waals surface area contributed by atoms with Gasteiger partial charge in [-0.15, -0.1) is 0 Å². The lowest BCUT2D eigenvalue weighted by Gasteiger charge is -2.08. The van der Waals surface area contributed by atoms with Gasteiger partial charge in [0, 0.05) is 6.54 Å². The van der Waals surface area contributed by atoms with Crippen molar-refractivity contribution in [2.75, 3.05) is 0 Å². The van der Waals surface area contributed by atoms with Gasteiger partial charge in [-0.3, -0.25) is 4.68 Å². The number of hydrogen-bond donors (Lipinski definition) is 1. The van der Waals surface area contributed by atoms with Gasteiger partial charge in [0.15, 0.2) is 0 Å². The van der Waals surface area contributed by atoms with E-state index in [-0.39, 0.29) is 11.4 Å². The number of nitrogens with one attached hydrogen (secondary N) is 1. The Labute approximate surface area is 148 Å². The third-order valence-corrected chi connectivity index (χ3v) is 5.72. The molecule has 0 aliphatic rings. The lowest BCUT2D eigenvalue weighted by molar-refractivity contribution is 0.579. The Kier molecular flexibility index (Phi) is 5.01. The molecule has 2 aromatic carbocycles. The summed E-state index contributed by atoms with van der Waals surface area (Å²) in [5.74, 6) is 0. The van der Waals surface area contributed by atoms with Gasteiger partial charge in [-0.2, -0.15) is 5.10 Å². The van der Waals surface area contributed by atoms with Crippen LogP contribution in [0, 0.1) is 13.8 Å². The molecule has 0 spiro atoms. The second-order valence-electron chi connectivity index (χ2n) is 5.95. The van der Waals surface area contributed by atoms with Crippen LogP contribution in [0.25, 0.3) is 0 Å². The van der Waals surface area contributed by atoms with E-state index in [1.54, 1.807) is 18.5 Å². The molecule has 5 nitrogen and oxygen atoms in total. The Hall–Kier alpha value is -2.44. The maximum Gasteiger partial charge on any atom is 0.244 e. The minimum atomic E-state index is -3.62. The fourth-order valence-corrected chi connectivity index (χ4v) is 4.25. The summed E-state index contributed by atoms with van der Waals surface area (Å²) in [5, 5.41) is 4.42. The number of aromatic nitrogens is 2. The molecule has 6 heteroatoms. The molecule has 3 aromatic rings. The van der Waals surface area contributed by atoms with Crippen LogP contribution in [0.4, 0.5) is 0 Å². The van der Waals surface area contributed by atoms with Crippen molar-refractivity contribution in [3.8, 4) is 0 Å². The largest absolute Gasteiger partial charge is 0.264 e. The van der Waals surface area contributed by atoms with E-state index in [0.29, 0.717) is 17.9 Å². The summed E-state index contributed by atoms with van der Waals surface area (Å²) >= 11 is 0. The summed E-state index contributed by atoms with van der Waals surface area (Å²) in [7, 11) is -3.62. The maximum absolute atomic E-state index is 12.7. The summed E-state index contributed by atoms with van der Waals surface area (Å²) in [6.45, 7) is 4.32. The SMILES string of the molecule is Cc1nn(Cc2ccccc2)c(C)c1S(=O)(=O)NCc1ccccc1. The van der Waals surface area contributed by atoms with Crippen molar-refractivity contribution < 1.29 is 8.42 Å². The number of sulfonamides is 1. The molecule has 0 saturated heterocycles. The second-order valence-corrected chi connectivity index (χ2v) is 7.66. The van der Waals surface area contributed by atoms with E-state index in [2.05, 4.69) is 9.82 Å². The lowest BCUT2D eigenvalue weighted by atomic mass is 10.2. The predicted molar refractivity (Wildman–Crippen MR) is 97.7 cm³/mol. The van der Waals surface area contributed by atoms with Gasteiger partial charge in [-0.1, -0.05) is 60.7 Å². The minimum absolute atomic E-state index is 0.256. The number of rotatable bonds is 6. The summed E-state index contributed by atoms with van der Waals surface area (Å²) in [5.41, 5.74) is 3.14. The topological polar surface area (TPSA) is 64.0 Å². The number of benzene rings is 2. The first kappa shape index (κ1) is 17.4. The normalized spacial score (nSPS) is 11.6. The Morgan fingerprint density at radius 2 is 1.48 bits per heavy atom. The molecule has 0 radical (unpaired) electrons. The molecule has 1 aromatic heterocycles. The molecular weight excluding hydrogens is 334 g/mol. The van der Waals surface area contributed by atoms with Crippen LogP contribution in [-0.2, 0) is 23.1 Å². The highest BCUT2D eigenvalue weighted by Gasteiger charge is 2.24. The van der Waals surface area contributed by atoms with Gasteiger partial charge in [-0.25, -0.2) is 13.1 Å². The Morgan fingerprint density at radius 3 is 2.08 bits per heavy atom. The molecule has 0 saturated carbocycles. The quantitative estimate of drug-likeness (QED) is 0.739. The van der Waals surface area contributed by atoms with Crippen LogP contribution in [0.5, 0.6) is 0 Å². The molecule has 0 fully saturated rings. The van der Waals surface area contributed by atoms with Gasteiger partial charge < -0.3 is 0 Å². The molecule has 0 aliphatic heterocycles. The summed E-state index contributed by atoms with van der Waals surface area (Å²) in [6, 6.07) is 19.3. The molecule has 0 unspecified atom stereocenters. The highest BCUT2D eigenvalue weighted by Crippen LogP contribution is 2.20. The van der Waals surface area contributed by atoms with E-state index in [4.69, 9.17) is 0 Å². The van der Waals surface area contributed by atoms with Gasteiger partial charge >= 0.3 is 0 Å². The smallest absolute Gasteiger partial charge is 0.244 e. The van der Waals surface area contributed by atoms with Crippen molar-refractivity contribution in [2.24, 2.45) is 0 Å². The maximum atomic E-state index is 12.7. The highest BCUT2D eigenvalue weighted by atomic mass is 32.2. The lowest BCUT2D eigenvalue weighted by Crippen LogP contribution is -2.24. The monoisotopic (exact) mass is 355 g/mol. The third-order valence-electron chi connectivity index (χ3n) is 4.07. The molecule has 1 N–H and O–H groups in total. The van der Waals surface area contributed by atoms with Crippen LogP contribution >= 0.6 is 0 Å². The molecule has 0 aliphatic carbocycles. The number of aryl methyl sites for hydroxylation is 1. The third kappa shape index (κ3) is 3.97. The second kappa shape index (κ2) is 7.21. The highest BCUT2D eigenvalue weighted by molar-refractivity contribution is 7.89. The Bertz CT molecular complexity index is 949. The van der Waals surface area contributed by atoms with E-state index in [9.17, 15) is 8.42 Å². The van der Waals surface area contributed by atoms with Crippen LogP contribution in [0.2, 0.25) is 0 Å². The molecule has 25 heavy (non-hydrogen) atoms. The zero-order valence-corrected chi connectivity index (χ0v) is 15.1. The number of nitrogens with zero attached hydrogens (tertiary/aromatic N) is 2. The molecule has 130 valence electrons. The zero-order valence-electron chi connectivity index (χ0n) is 14.3. The molecule has 0 amide bonds. The first-order valence-electron chi connectivity index (χ1n) is 8.09. The van der Waals surface area contributed by atoms with E-state index >= 15 is 0 Å². The van der Waals surface area contributed by atoms with Crippen molar-refractivity contribution in [2.45, 2.75) is 31.8 Å². The van der Waals surface area contributed by atoms with Crippen LogP contribution in [-0.4, -0.2) is 18.2 Å². The summed E-state index contributed by atoms with van der Waals surface area (Å²) < 4.78 is 29.9. The van der Waals surface area contributed by atoms with Gasteiger partial charge in [0.25, 0.3) is 0 Å². The first-order chi connectivity index (χ1) is 12.0. The average molecular weight is 355 g/mol. The summed E-state index contributed by atoms with van der Waals surface area (Å²) in [4.78, 5) is 0.263. The van der Waals surface area contributed by atoms with Crippen LogP contribution in [0.3, 0.4) is 0 Å². The van der Waals surface area contributed by atoms with Crippen LogP contribution in [0.1, 0.15) is 22.5 Å².